The van der Waals surface area contributed by atoms with Crippen LogP contribution in [0.5, 0.6) is 0 Å². The molecule has 0 bridgehead atoms. The Kier molecular flexibility index (Phi) is 6.25. The molecule has 2 atom stereocenters. The fraction of sp³-hybridized carbons (Fsp3) is 0.591. The van der Waals surface area contributed by atoms with Gasteiger partial charge in [0.2, 0.25) is 0 Å². The number of nitrogens with one attached hydrogen (secondary N) is 2. The van der Waals surface area contributed by atoms with Crippen LogP contribution in [0, 0.1) is 11.8 Å². The van der Waals surface area contributed by atoms with Crippen LogP contribution in [0.2, 0.25) is 0 Å². The predicted octanol–water partition coefficient (Wildman–Crippen LogP) is 2.09. The number of aromatic nitrogens is 3. The molecule has 156 valence electrons. The van der Waals surface area contributed by atoms with Crippen LogP contribution in [-0.4, -0.2) is 58.0 Å². The van der Waals surface area contributed by atoms with E-state index in [0.717, 1.165) is 45.6 Å². The molecule has 4 rings (SSSR count). The molecule has 2 aliphatic rings. The van der Waals surface area contributed by atoms with Crippen LogP contribution in [0.4, 0.5) is 0 Å². The van der Waals surface area contributed by atoms with Gasteiger partial charge < -0.3 is 10.6 Å². The second kappa shape index (κ2) is 9.05. The van der Waals surface area contributed by atoms with Gasteiger partial charge in [0.25, 0.3) is 5.91 Å². The highest BCUT2D eigenvalue weighted by Gasteiger charge is 2.33. The summed E-state index contributed by atoms with van der Waals surface area (Å²) in [5, 5.41) is 15.0. The van der Waals surface area contributed by atoms with Gasteiger partial charge in [-0.3, -0.25) is 9.69 Å². The maximum atomic E-state index is 12.8. The number of hydrogen-bond donors (Lipinski definition) is 2. The topological polar surface area (TPSA) is 75.1 Å². The van der Waals surface area contributed by atoms with Crippen molar-refractivity contribution in [1.82, 2.24) is 30.5 Å². The lowest BCUT2D eigenvalue weighted by atomic mass is 9.85. The molecule has 2 aliphatic heterocycles. The van der Waals surface area contributed by atoms with Crippen LogP contribution in [0.25, 0.3) is 0 Å². The van der Waals surface area contributed by atoms with Gasteiger partial charge in [-0.05, 0) is 43.3 Å². The monoisotopic (exact) mass is 396 g/mol. The molecule has 0 aliphatic carbocycles. The lowest BCUT2D eigenvalue weighted by molar-refractivity contribution is 0.0729. The largest absolute Gasteiger partial charge is 0.347 e. The highest BCUT2D eigenvalue weighted by Crippen LogP contribution is 2.24. The van der Waals surface area contributed by atoms with Gasteiger partial charge in [-0.25, -0.2) is 4.68 Å². The van der Waals surface area contributed by atoms with Crippen molar-refractivity contribution in [3.8, 4) is 0 Å². The molecular weight excluding hydrogens is 364 g/mol. The Bertz CT molecular complexity index is 789. The Labute approximate surface area is 172 Å². The normalized spacial score (nSPS) is 26.3. The molecule has 0 saturated carbocycles. The maximum Gasteiger partial charge on any atom is 0.273 e. The smallest absolute Gasteiger partial charge is 0.273 e. The quantitative estimate of drug-likeness (QED) is 0.810. The second-order valence-corrected chi connectivity index (χ2v) is 8.70. The number of amides is 1. The zero-order valence-electron chi connectivity index (χ0n) is 17.4. The Hall–Kier alpha value is -2.25. The molecule has 2 saturated heterocycles. The molecule has 1 aromatic heterocycles. The molecule has 0 spiro atoms. The molecule has 29 heavy (non-hydrogen) atoms. The van der Waals surface area contributed by atoms with E-state index in [0.29, 0.717) is 23.6 Å². The van der Waals surface area contributed by atoms with Crippen LogP contribution >= 0.6 is 0 Å². The summed E-state index contributed by atoms with van der Waals surface area (Å²) in [5.41, 5.74) is 1.76. The van der Waals surface area contributed by atoms with Crippen molar-refractivity contribution < 1.29 is 4.79 Å². The summed E-state index contributed by atoms with van der Waals surface area (Å²) in [6.45, 7) is 9.35. The van der Waals surface area contributed by atoms with E-state index in [1.165, 1.54) is 5.56 Å². The zero-order valence-corrected chi connectivity index (χ0v) is 17.4. The van der Waals surface area contributed by atoms with Gasteiger partial charge in [-0.15, -0.1) is 5.10 Å². The van der Waals surface area contributed by atoms with E-state index < -0.39 is 0 Å². The molecule has 7 heteroatoms. The summed E-state index contributed by atoms with van der Waals surface area (Å²) in [6.07, 6.45) is 3.86. The van der Waals surface area contributed by atoms with Crippen LogP contribution in [-0.2, 0) is 6.54 Å². The minimum Gasteiger partial charge on any atom is -0.347 e. The summed E-state index contributed by atoms with van der Waals surface area (Å²) in [4.78, 5) is 15.3. The standard InChI is InChI=1S/C22H32N6O/c1-16-12-27(14-18-6-4-3-5-7-18)13-17(2)21(16)24-22(29)20-15-28(26-25-20)19-8-10-23-11-9-19/h3-7,15-17,19,21,23H,8-14H2,1-2H3,(H,24,29). The summed E-state index contributed by atoms with van der Waals surface area (Å²) in [6, 6.07) is 11.1. The van der Waals surface area contributed by atoms with Crippen LogP contribution in [0.15, 0.2) is 36.5 Å². The van der Waals surface area contributed by atoms with Gasteiger partial charge in [-0.2, -0.15) is 0 Å². The van der Waals surface area contributed by atoms with Crippen LogP contribution in [0.3, 0.4) is 0 Å². The molecule has 0 radical (unpaired) electrons. The lowest BCUT2D eigenvalue weighted by Crippen LogP contribution is -2.54. The van der Waals surface area contributed by atoms with Gasteiger partial charge in [0.15, 0.2) is 5.69 Å². The van der Waals surface area contributed by atoms with Crippen LogP contribution in [0.1, 0.15) is 48.8 Å². The van der Waals surface area contributed by atoms with E-state index in [-0.39, 0.29) is 11.9 Å². The first-order valence-electron chi connectivity index (χ1n) is 10.8. The van der Waals surface area contributed by atoms with Crippen molar-refractivity contribution in [1.29, 1.82) is 0 Å². The number of hydrogen-bond acceptors (Lipinski definition) is 5. The third-order valence-corrected chi connectivity index (χ3v) is 6.29. The molecule has 3 heterocycles. The zero-order chi connectivity index (χ0) is 20.2. The average Bonchev–Trinajstić information content (AvgIpc) is 3.22. The first kappa shape index (κ1) is 20.0. The molecule has 2 N–H and O–H groups in total. The molecule has 1 amide bonds. The van der Waals surface area contributed by atoms with E-state index in [9.17, 15) is 4.79 Å². The molecule has 2 aromatic rings. The average molecular weight is 397 g/mol. The highest BCUT2D eigenvalue weighted by molar-refractivity contribution is 5.92. The van der Waals surface area contributed by atoms with Crippen molar-refractivity contribution >= 4 is 5.91 Å². The minimum absolute atomic E-state index is 0.106. The Morgan fingerprint density at radius 3 is 2.52 bits per heavy atom. The number of piperidine rings is 2. The number of carbonyl (C=O) groups excluding carboxylic acids is 1. The Morgan fingerprint density at radius 2 is 1.83 bits per heavy atom. The Balaban J connectivity index is 1.34. The van der Waals surface area contributed by atoms with Gasteiger partial charge in [0, 0.05) is 25.7 Å². The van der Waals surface area contributed by atoms with E-state index in [1.54, 1.807) is 0 Å². The minimum atomic E-state index is -0.106. The third-order valence-electron chi connectivity index (χ3n) is 6.29. The summed E-state index contributed by atoms with van der Waals surface area (Å²) in [5.74, 6) is 0.655. The number of carbonyl (C=O) groups is 1. The van der Waals surface area contributed by atoms with Gasteiger partial charge in [0.05, 0.1) is 12.2 Å². The molecule has 7 nitrogen and oxygen atoms in total. The number of likely N-dealkylation sites (tertiary alicyclic amines) is 1. The van der Waals surface area contributed by atoms with Crippen molar-refractivity contribution in [2.75, 3.05) is 26.2 Å². The molecule has 1 aromatic carbocycles. The summed E-state index contributed by atoms with van der Waals surface area (Å²) in [7, 11) is 0. The first-order valence-corrected chi connectivity index (χ1v) is 10.8. The van der Waals surface area contributed by atoms with Gasteiger partial charge >= 0.3 is 0 Å². The molecular formula is C22H32N6O. The first-order chi connectivity index (χ1) is 14.1. The molecule has 2 fully saturated rings. The van der Waals surface area contributed by atoms with Crippen molar-refractivity contribution in [2.45, 2.75) is 45.3 Å². The Morgan fingerprint density at radius 1 is 1.14 bits per heavy atom. The van der Waals surface area contributed by atoms with E-state index >= 15 is 0 Å². The van der Waals surface area contributed by atoms with E-state index in [1.807, 2.05) is 10.9 Å². The van der Waals surface area contributed by atoms with Crippen LogP contribution < -0.4 is 10.6 Å². The van der Waals surface area contributed by atoms with E-state index in [4.69, 9.17) is 0 Å². The van der Waals surface area contributed by atoms with Crippen molar-refractivity contribution in [3.05, 3.63) is 47.8 Å². The predicted molar refractivity (Wildman–Crippen MR) is 112 cm³/mol. The molecule has 2 unspecified atom stereocenters. The summed E-state index contributed by atoms with van der Waals surface area (Å²) >= 11 is 0. The fourth-order valence-corrected chi connectivity index (χ4v) is 4.79. The SMILES string of the molecule is CC1CN(Cc2ccccc2)CC(C)C1NC(=O)c1cn(C2CCNCC2)nn1. The highest BCUT2D eigenvalue weighted by atomic mass is 16.2. The summed E-state index contributed by atoms with van der Waals surface area (Å²) < 4.78 is 1.87. The third kappa shape index (κ3) is 4.85. The van der Waals surface area contributed by atoms with Crippen molar-refractivity contribution in [2.24, 2.45) is 11.8 Å². The number of rotatable bonds is 5. The number of nitrogens with zero attached hydrogens (tertiary/aromatic N) is 4. The fourth-order valence-electron chi connectivity index (χ4n) is 4.79. The lowest BCUT2D eigenvalue weighted by Gasteiger charge is -2.41. The van der Waals surface area contributed by atoms with Gasteiger partial charge in [0.1, 0.15) is 0 Å². The number of benzene rings is 1. The van der Waals surface area contributed by atoms with Gasteiger partial charge in [-0.1, -0.05) is 49.4 Å². The van der Waals surface area contributed by atoms with Crippen molar-refractivity contribution in [3.63, 3.8) is 0 Å². The maximum absolute atomic E-state index is 12.8. The second-order valence-electron chi connectivity index (χ2n) is 8.70. The van der Waals surface area contributed by atoms with E-state index in [2.05, 4.69) is 70.0 Å².